The van der Waals surface area contributed by atoms with Crippen LogP contribution in [0, 0.1) is 5.82 Å². The number of ether oxygens (including phenoxy) is 3. The third kappa shape index (κ3) is 5.05. The molecule has 41 heavy (non-hydrogen) atoms. The Morgan fingerprint density at radius 2 is 1.71 bits per heavy atom. The van der Waals surface area contributed by atoms with Gasteiger partial charge in [-0.2, -0.15) is 4.90 Å². The third-order valence-corrected chi connectivity index (χ3v) is 7.10. The van der Waals surface area contributed by atoms with Crippen LogP contribution >= 0.6 is 11.3 Å². The number of nitrogens with zero attached hydrogens (tertiary/aromatic N) is 2. The number of nitrogens with one attached hydrogen (secondary N) is 2. The van der Waals surface area contributed by atoms with Gasteiger partial charge in [0.25, 0.3) is 17.7 Å². The highest BCUT2D eigenvalue weighted by Gasteiger charge is 2.39. The number of carbonyl (C=O) groups excluding carboxylic acids is 4. The van der Waals surface area contributed by atoms with Crippen LogP contribution in [0.2, 0.25) is 0 Å². The van der Waals surface area contributed by atoms with Crippen molar-refractivity contribution in [3.05, 3.63) is 99.1 Å². The summed E-state index contributed by atoms with van der Waals surface area (Å²) < 4.78 is 31.2. The van der Waals surface area contributed by atoms with Crippen LogP contribution in [0.3, 0.4) is 0 Å². The summed E-state index contributed by atoms with van der Waals surface area (Å²) in [5, 5.41) is 5.12. The number of aromatic nitrogens is 1. The van der Waals surface area contributed by atoms with Crippen molar-refractivity contribution in [1.29, 1.82) is 0 Å². The average molecular weight is 575 g/mol. The summed E-state index contributed by atoms with van der Waals surface area (Å²) in [4.78, 5) is 55.1. The Hall–Kier alpha value is -5.30. The first kappa shape index (κ1) is 26.0. The molecule has 2 N–H and O–H groups in total. The number of benzene rings is 3. The van der Waals surface area contributed by atoms with E-state index in [2.05, 4.69) is 15.6 Å². The number of amides is 5. The quantitative estimate of drug-likeness (QED) is 0.313. The molecule has 0 saturated carbocycles. The van der Waals surface area contributed by atoms with Gasteiger partial charge in [-0.1, -0.05) is 24.3 Å². The van der Waals surface area contributed by atoms with Crippen LogP contribution < -0.4 is 24.8 Å². The molecule has 3 aromatic carbocycles. The number of hydrogen-bond donors (Lipinski definition) is 2. The summed E-state index contributed by atoms with van der Waals surface area (Å²) in [5.74, 6) is -0.935. The Bertz CT molecular complexity index is 1690. The highest BCUT2D eigenvalue weighted by Crippen LogP contribution is 2.37. The molecule has 13 heteroatoms. The lowest BCUT2D eigenvalue weighted by Crippen LogP contribution is -2.43. The van der Waals surface area contributed by atoms with Crippen LogP contribution in [-0.2, 0) is 13.1 Å². The fourth-order valence-corrected chi connectivity index (χ4v) is 4.87. The zero-order valence-corrected chi connectivity index (χ0v) is 21.8. The SMILES string of the molecule is O=C(NCc1ccc(CNC(=O)N2C(=O)c3ccccc3C2=O)cc1F)c1scnc1Oc1ccc2c(c1)OCO2. The van der Waals surface area contributed by atoms with Crippen molar-refractivity contribution in [2.75, 3.05) is 6.79 Å². The number of thiazole rings is 1. The van der Waals surface area contributed by atoms with Crippen molar-refractivity contribution in [3.8, 4) is 23.1 Å². The van der Waals surface area contributed by atoms with Gasteiger partial charge in [-0.3, -0.25) is 14.4 Å². The summed E-state index contributed by atoms with van der Waals surface area (Å²) >= 11 is 1.07. The molecular weight excluding hydrogens is 555 g/mol. The van der Waals surface area contributed by atoms with Crippen LogP contribution in [0.4, 0.5) is 9.18 Å². The van der Waals surface area contributed by atoms with Gasteiger partial charge in [-0.25, -0.2) is 14.2 Å². The molecule has 5 amide bonds. The smallest absolute Gasteiger partial charge is 0.331 e. The second kappa shape index (κ2) is 10.7. The summed E-state index contributed by atoms with van der Waals surface area (Å²) in [6, 6.07) is 14.4. The number of rotatable bonds is 7. The lowest BCUT2D eigenvalue weighted by Gasteiger charge is -2.14. The van der Waals surface area contributed by atoms with Crippen LogP contribution in [0.15, 0.2) is 66.2 Å². The minimum absolute atomic E-state index is 0.0935. The van der Waals surface area contributed by atoms with Crippen molar-refractivity contribution in [3.63, 3.8) is 0 Å². The predicted octanol–water partition coefficient (Wildman–Crippen LogP) is 4.24. The second-order valence-electron chi connectivity index (χ2n) is 8.86. The number of urea groups is 1. The minimum Gasteiger partial charge on any atom is -0.454 e. The first-order valence-corrected chi connectivity index (χ1v) is 13.1. The summed E-state index contributed by atoms with van der Waals surface area (Å²) in [7, 11) is 0. The van der Waals surface area contributed by atoms with Gasteiger partial charge in [0.1, 0.15) is 11.6 Å². The van der Waals surface area contributed by atoms with Gasteiger partial charge in [0.2, 0.25) is 12.7 Å². The standard InChI is InChI=1S/C28H19FN4O7S/c29-20-9-15(11-31-28(37)33-26(35)18-3-1-2-4-19(18)27(33)36)5-6-16(20)12-30-24(34)23-25(32-13-41-23)40-17-7-8-21-22(10-17)39-14-38-21/h1-10,13H,11-12,14H2,(H,30,34)(H,31,37). The van der Waals surface area contributed by atoms with E-state index in [9.17, 15) is 23.6 Å². The summed E-state index contributed by atoms with van der Waals surface area (Å²) in [6.07, 6.45) is 0. The number of imide groups is 3. The molecule has 0 spiro atoms. The molecule has 4 aromatic rings. The van der Waals surface area contributed by atoms with E-state index < -0.39 is 29.6 Å². The molecular formula is C28H19FN4O7S. The molecule has 6 rings (SSSR count). The predicted molar refractivity (Wildman–Crippen MR) is 142 cm³/mol. The summed E-state index contributed by atoms with van der Waals surface area (Å²) in [6.45, 7) is -0.129. The van der Waals surface area contributed by atoms with E-state index in [4.69, 9.17) is 14.2 Å². The van der Waals surface area contributed by atoms with E-state index in [1.807, 2.05) is 0 Å². The molecule has 1 aromatic heterocycles. The summed E-state index contributed by atoms with van der Waals surface area (Å²) in [5.41, 5.74) is 2.36. The van der Waals surface area contributed by atoms with Gasteiger partial charge in [-0.15, -0.1) is 11.3 Å². The molecule has 0 bridgehead atoms. The Labute approximate surface area is 235 Å². The van der Waals surface area contributed by atoms with Gasteiger partial charge in [0.05, 0.1) is 16.6 Å². The van der Waals surface area contributed by atoms with Crippen LogP contribution in [0.25, 0.3) is 0 Å². The van der Waals surface area contributed by atoms with Crippen LogP contribution in [0.5, 0.6) is 23.1 Å². The topological polar surface area (TPSA) is 136 Å². The van der Waals surface area contributed by atoms with Crippen molar-refractivity contribution >= 4 is 35.1 Å². The monoisotopic (exact) mass is 574 g/mol. The Morgan fingerprint density at radius 1 is 0.951 bits per heavy atom. The minimum atomic E-state index is -0.906. The van der Waals surface area contributed by atoms with Crippen LogP contribution in [0.1, 0.15) is 41.5 Å². The highest BCUT2D eigenvalue weighted by molar-refractivity contribution is 7.12. The maximum atomic E-state index is 14.8. The van der Waals surface area contributed by atoms with E-state index in [1.165, 1.54) is 29.8 Å². The molecule has 3 heterocycles. The van der Waals surface area contributed by atoms with Gasteiger partial charge < -0.3 is 24.8 Å². The van der Waals surface area contributed by atoms with Gasteiger partial charge >= 0.3 is 6.03 Å². The van der Waals surface area contributed by atoms with Gasteiger partial charge in [-0.05, 0) is 35.9 Å². The van der Waals surface area contributed by atoms with Gasteiger partial charge in [0.15, 0.2) is 16.4 Å². The normalized spacial score (nSPS) is 13.2. The molecule has 2 aliphatic heterocycles. The average Bonchev–Trinajstić information content (AvgIpc) is 3.70. The zero-order valence-electron chi connectivity index (χ0n) is 21.0. The van der Waals surface area contributed by atoms with E-state index in [-0.39, 0.29) is 47.3 Å². The lowest BCUT2D eigenvalue weighted by molar-refractivity contribution is 0.0701. The second-order valence-corrected chi connectivity index (χ2v) is 9.72. The fourth-order valence-electron chi connectivity index (χ4n) is 4.24. The largest absolute Gasteiger partial charge is 0.454 e. The van der Waals surface area contributed by atoms with E-state index in [1.54, 1.807) is 36.4 Å². The Kier molecular flexibility index (Phi) is 6.77. The number of halogens is 1. The van der Waals surface area contributed by atoms with E-state index >= 15 is 0 Å². The number of hydrogen-bond acceptors (Lipinski definition) is 9. The Balaban J connectivity index is 1.04. The van der Waals surface area contributed by atoms with E-state index in [0.29, 0.717) is 27.7 Å². The maximum absolute atomic E-state index is 14.8. The van der Waals surface area contributed by atoms with Gasteiger partial charge in [0, 0.05) is 24.7 Å². The molecule has 0 unspecified atom stereocenters. The highest BCUT2D eigenvalue weighted by atomic mass is 32.1. The van der Waals surface area contributed by atoms with Crippen molar-refractivity contribution in [2.24, 2.45) is 0 Å². The molecule has 0 fully saturated rings. The zero-order chi connectivity index (χ0) is 28.5. The maximum Gasteiger partial charge on any atom is 0.331 e. The molecule has 11 nitrogen and oxygen atoms in total. The molecule has 0 saturated heterocycles. The van der Waals surface area contributed by atoms with Crippen LogP contribution in [-0.4, -0.2) is 40.4 Å². The lowest BCUT2D eigenvalue weighted by atomic mass is 10.1. The van der Waals surface area contributed by atoms with Crippen molar-refractivity contribution < 1.29 is 37.8 Å². The number of carbonyl (C=O) groups is 4. The third-order valence-electron chi connectivity index (χ3n) is 6.30. The fraction of sp³-hybridized carbons (Fsp3) is 0.107. The first-order valence-electron chi connectivity index (χ1n) is 12.2. The molecule has 0 radical (unpaired) electrons. The molecule has 206 valence electrons. The number of fused-ring (bicyclic) bond motifs is 2. The first-order chi connectivity index (χ1) is 19.9. The Morgan fingerprint density at radius 3 is 2.46 bits per heavy atom. The molecule has 0 atom stereocenters. The molecule has 0 aliphatic carbocycles. The molecule has 2 aliphatic rings. The van der Waals surface area contributed by atoms with Crippen molar-refractivity contribution in [2.45, 2.75) is 13.1 Å². The van der Waals surface area contributed by atoms with E-state index in [0.717, 1.165) is 11.3 Å². The van der Waals surface area contributed by atoms with Crippen molar-refractivity contribution in [1.82, 2.24) is 20.5 Å².